The van der Waals surface area contributed by atoms with E-state index in [4.69, 9.17) is 9.40 Å². The lowest BCUT2D eigenvalue weighted by Crippen LogP contribution is -2.31. The van der Waals surface area contributed by atoms with Gasteiger partial charge in [-0.1, -0.05) is 42.5 Å². The fraction of sp³-hybridized carbons (Fsp3) is 0.217. The molecule has 1 amide bonds. The summed E-state index contributed by atoms with van der Waals surface area (Å²) in [5, 5.41) is 0.616. The van der Waals surface area contributed by atoms with E-state index in [0.29, 0.717) is 10.9 Å². The highest BCUT2D eigenvalue weighted by Gasteiger charge is 2.22. The summed E-state index contributed by atoms with van der Waals surface area (Å²) in [7, 11) is -3.28. The third-order valence-corrected chi connectivity index (χ3v) is 7.18. The number of fused-ring (bicyclic) bond motifs is 1. The number of sulfone groups is 1. The second-order valence-electron chi connectivity index (χ2n) is 7.27. The Balaban J connectivity index is 1.66. The van der Waals surface area contributed by atoms with Gasteiger partial charge in [-0.05, 0) is 47.9 Å². The standard InChI is InChI=1S/C23H22N2O4S2/c1-3-17-6-4-8-20-22(17)24-23(30-20)25(15-18-7-5-13-29-18)21(26)14-16-9-11-19(12-10-16)31(2,27)28/h4-13H,3,14-15H2,1-2H3. The van der Waals surface area contributed by atoms with Gasteiger partial charge in [-0.2, -0.15) is 0 Å². The SMILES string of the molecule is CCc1cccc2sc(N(Cc3ccco3)C(=O)Cc3ccc(S(C)(=O)=O)cc3)nc12. The van der Waals surface area contributed by atoms with Crippen LogP contribution in [0.2, 0.25) is 0 Å². The summed E-state index contributed by atoms with van der Waals surface area (Å²) < 4.78 is 29.9. The largest absolute Gasteiger partial charge is 0.467 e. The van der Waals surface area contributed by atoms with Gasteiger partial charge in [0.1, 0.15) is 5.76 Å². The zero-order chi connectivity index (χ0) is 22.0. The van der Waals surface area contributed by atoms with Gasteiger partial charge in [0.2, 0.25) is 5.91 Å². The number of carbonyl (C=O) groups excluding carboxylic acids is 1. The molecule has 0 saturated heterocycles. The van der Waals surface area contributed by atoms with E-state index in [1.165, 1.54) is 23.5 Å². The number of anilines is 1. The predicted molar refractivity (Wildman–Crippen MR) is 122 cm³/mol. The van der Waals surface area contributed by atoms with Gasteiger partial charge in [0.05, 0.1) is 34.3 Å². The molecule has 0 bridgehead atoms. The molecule has 0 unspecified atom stereocenters. The molecule has 0 N–H and O–H groups in total. The molecule has 6 nitrogen and oxygen atoms in total. The van der Waals surface area contributed by atoms with Crippen molar-refractivity contribution in [2.24, 2.45) is 0 Å². The minimum atomic E-state index is -3.28. The maximum atomic E-state index is 13.3. The van der Waals surface area contributed by atoms with Crippen LogP contribution in [-0.2, 0) is 34.0 Å². The molecule has 2 aromatic heterocycles. The Labute approximate surface area is 185 Å². The van der Waals surface area contributed by atoms with Crippen LogP contribution in [0.5, 0.6) is 0 Å². The molecule has 2 heterocycles. The van der Waals surface area contributed by atoms with E-state index in [9.17, 15) is 13.2 Å². The Hall–Kier alpha value is -2.97. The van der Waals surface area contributed by atoms with Crippen molar-refractivity contribution in [3.05, 3.63) is 77.7 Å². The number of rotatable bonds is 7. The predicted octanol–water partition coefficient (Wildman–Crippen LogP) is 4.63. The van der Waals surface area contributed by atoms with Gasteiger partial charge in [-0.25, -0.2) is 13.4 Å². The zero-order valence-corrected chi connectivity index (χ0v) is 18.9. The molecule has 0 radical (unpaired) electrons. The van der Waals surface area contributed by atoms with E-state index >= 15 is 0 Å². The highest BCUT2D eigenvalue weighted by molar-refractivity contribution is 7.90. The molecule has 0 fully saturated rings. The molecule has 0 spiro atoms. The molecule has 8 heteroatoms. The molecule has 4 aromatic rings. The van der Waals surface area contributed by atoms with Crippen molar-refractivity contribution in [3.63, 3.8) is 0 Å². The van der Waals surface area contributed by atoms with Crippen molar-refractivity contribution in [3.8, 4) is 0 Å². The van der Waals surface area contributed by atoms with Crippen molar-refractivity contribution in [2.75, 3.05) is 11.2 Å². The van der Waals surface area contributed by atoms with E-state index in [-0.39, 0.29) is 23.8 Å². The third-order valence-electron chi connectivity index (χ3n) is 5.01. The molecule has 0 aliphatic rings. The fourth-order valence-corrected chi connectivity index (χ4v) is 5.00. The molecule has 4 rings (SSSR count). The first-order chi connectivity index (χ1) is 14.8. The van der Waals surface area contributed by atoms with Crippen LogP contribution in [0.3, 0.4) is 0 Å². The number of amides is 1. The van der Waals surface area contributed by atoms with Crippen LogP contribution in [0.15, 0.2) is 70.2 Å². The number of aryl methyl sites for hydroxylation is 1. The van der Waals surface area contributed by atoms with E-state index in [1.807, 2.05) is 24.3 Å². The monoisotopic (exact) mass is 454 g/mol. The molecule has 0 saturated carbocycles. The maximum Gasteiger partial charge on any atom is 0.233 e. The molecule has 0 atom stereocenters. The Morgan fingerprint density at radius 3 is 2.52 bits per heavy atom. The van der Waals surface area contributed by atoms with E-state index < -0.39 is 9.84 Å². The second kappa shape index (κ2) is 8.64. The van der Waals surface area contributed by atoms with Gasteiger partial charge in [-0.3, -0.25) is 9.69 Å². The second-order valence-corrected chi connectivity index (χ2v) is 10.3. The van der Waals surface area contributed by atoms with Crippen molar-refractivity contribution in [1.29, 1.82) is 0 Å². The molecule has 0 aliphatic carbocycles. The Bertz CT molecular complexity index is 1310. The molecular formula is C23H22N2O4S2. The van der Waals surface area contributed by atoms with Crippen LogP contribution >= 0.6 is 11.3 Å². The minimum Gasteiger partial charge on any atom is -0.467 e. The van der Waals surface area contributed by atoms with Crippen LogP contribution in [0, 0.1) is 0 Å². The number of carbonyl (C=O) groups is 1. The van der Waals surface area contributed by atoms with Crippen LogP contribution in [0.4, 0.5) is 5.13 Å². The lowest BCUT2D eigenvalue weighted by Gasteiger charge is -2.19. The number of hydrogen-bond acceptors (Lipinski definition) is 6. The number of aromatic nitrogens is 1. The summed E-state index contributed by atoms with van der Waals surface area (Å²) in [6, 6.07) is 16.1. The maximum absolute atomic E-state index is 13.3. The van der Waals surface area contributed by atoms with E-state index in [1.54, 1.807) is 29.4 Å². The highest BCUT2D eigenvalue weighted by atomic mass is 32.2. The summed E-state index contributed by atoms with van der Waals surface area (Å²) in [5.74, 6) is 0.524. The van der Waals surface area contributed by atoms with Gasteiger partial charge >= 0.3 is 0 Å². The first kappa shape index (κ1) is 21.3. The van der Waals surface area contributed by atoms with Gasteiger partial charge in [-0.15, -0.1) is 0 Å². The van der Waals surface area contributed by atoms with Crippen molar-refractivity contribution in [2.45, 2.75) is 31.2 Å². The smallest absolute Gasteiger partial charge is 0.233 e. The Kier molecular flexibility index (Phi) is 5.93. The van der Waals surface area contributed by atoms with Crippen molar-refractivity contribution >= 4 is 42.4 Å². The summed E-state index contributed by atoms with van der Waals surface area (Å²) in [6.45, 7) is 2.36. The lowest BCUT2D eigenvalue weighted by atomic mass is 10.1. The number of nitrogens with zero attached hydrogens (tertiary/aromatic N) is 2. The summed E-state index contributed by atoms with van der Waals surface area (Å²) in [6.07, 6.45) is 3.73. The summed E-state index contributed by atoms with van der Waals surface area (Å²) in [5.41, 5.74) is 2.79. The van der Waals surface area contributed by atoms with E-state index in [2.05, 4.69) is 6.92 Å². The Morgan fingerprint density at radius 1 is 1.10 bits per heavy atom. The number of para-hydroxylation sites is 1. The van der Waals surface area contributed by atoms with Gasteiger partial charge < -0.3 is 4.42 Å². The lowest BCUT2D eigenvalue weighted by molar-refractivity contribution is -0.118. The van der Waals surface area contributed by atoms with Gasteiger partial charge in [0.25, 0.3) is 0 Å². The quantitative estimate of drug-likeness (QED) is 0.407. The molecule has 0 aliphatic heterocycles. The van der Waals surface area contributed by atoms with Gasteiger partial charge in [0, 0.05) is 6.26 Å². The van der Waals surface area contributed by atoms with Crippen LogP contribution in [-0.4, -0.2) is 25.6 Å². The summed E-state index contributed by atoms with van der Waals surface area (Å²) in [4.78, 5) is 19.9. The Morgan fingerprint density at radius 2 is 1.87 bits per heavy atom. The topological polar surface area (TPSA) is 80.5 Å². The van der Waals surface area contributed by atoms with E-state index in [0.717, 1.165) is 34.0 Å². The van der Waals surface area contributed by atoms with Crippen LogP contribution < -0.4 is 4.90 Å². The van der Waals surface area contributed by atoms with Crippen molar-refractivity contribution < 1.29 is 17.6 Å². The molecule has 160 valence electrons. The number of benzene rings is 2. The molecule has 2 aromatic carbocycles. The van der Waals surface area contributed by atoms with Crippen LogP contribution in [0.25, 0.3) is 10.2 Å². The number of hydrogen-bond donors (Lipinski definition) is 0. The fourth-order valence-electron chi connectivity index (χ4n) is 3.34. The van der Waals surface area contributed by atoms with Crippen molar-refractivity contribution in [1.82, 2.24) is 4.98 Å². The van der Waals surface area contributed by atoms with Gasteiger partial charge in [0.15, 0.2) is 15.0 Å². The summed E-state index contributed by atoms with van der Waals surface area (Å²) >= 11 is 1.47. The minimum absolute atomic E-state index is 0.126. The third kappa shape index (κ3) is 4.70. The number of furan rings is 1. The first-order valence-electron chi connectivity index (χ1n) is 9.85. The number of thiazole rings is 1. The average molecular weight is 455 g/mol. The molecule has 31 heavy (non-hydrogen) atoms. The normalized spacial score (nSPS) is 11.7. The average Bonchev–Trinajstić information content (AvgIpc) is 3.40. The zero-order valence-electron chi connectivity index (χ0n) is 17.2. The molecular weight excluding hydrogens is 432 g/mol. The first-order valence-corrected chi connectivity index (χ1v) is 12.6. The van der Waals surface area contributed by atoms with Crippen LogP contribution in [0.1, 0.15) is 23.8 Å². The highest BCUT2D eigenvalue weighted by Crippen LogP contribution is 2.32.